The molecular weight excluding hydrogens is 477 g/mol. The van der Waals surface area contributed by atoms with Crippen LogP contribution in [-0.2, 0) is 23.0 Å². The molecule has 0 radical (unpaired) electrons. The Morgan fingerprint density at radius 2 is 1.73 bits per heavy atom. The minimum Gasteiger partial charge on any atom is -0.385 e. The molecule has 192 valence electrons. The van der Waals surface area contributed by atoms with Crippen LogP contribution in [0.4, 0.5) is 13.2 Å². The molecule has 2 N–H and O–H groups in total. The van der Waals surface area contributed by atoms with Crippen LogP contribution < -0.4 is 0 Å². The lowest BCUT2D eigenvalue weighted by molar-refractivity contribution is -0.137. The van der Waals surface area contributed by atoms with Gasteiger partial charge in [-0.1, -0.05) is 54.1 Å². The highest BCUT2D eigenvalue weighted by Crippen LogP contribution is 2.37. The van der Waals surface area contributed by atoms with Crippen molar-refractivity contribution in [3.8, 4) is 11.3 Å². The number of aryl methyl sites for hydroxylation is 2. The van der Waals surface area contributed by atoms with E-state index >= 15 is 0 Å². The zero-order valence-electron chi connectivity index (χ0n) is 20.6. The number of aromatic nitrogens is 1. The summed E-state index contributed by atoms with van der Waals surface area (Å²) in [7, 11) is 0. The molecule has 0 aliphatic carbocycles. The number of aromatic amines is 1. The molecule has 4 nitrogen and oxygen atoms in total. The van der Waals surface area contributed by atoms with Crippen molar-refractivity contribution >= 4 is 16.8 Å². The van der Waals surface area contributed by atoms with Gasteiger partial charge in [0.05, 0.1) is 11.2 Å². The second-order valence-electron chi connectivity index (χ2n) is 9.88. The first-order valence-corrected chi connectivity index (χ1v) is 12.5. The molecule has 1 fully saturated rings. The highest BCUT2D eigenvalue weighted by atomic mass is 19.4. The number of benzene rings is 3. The number of nitrogens with zero attached hydrogens (tertiary/aromatic N) is 1. The average molecular weight is 507 g/mol. The van der Waals surface area contributed by atoms with Gasteiger partial charge in [0.25, 0.3) is 0 Å². The SMILES string of the molecule is Cc1ccc2[nH]c(-c3ccccc3)c(CCC(=O)N3CCC(O)(c4cccc(C(F)(F)F)c4)CC3)c2c1. The van der Waals surface area contributed by atoms with Crippen molar-refractivity contribution in [2.75, 3.05) is 13.1 Å². The Morgan fingerprint density at radius 1 is 1.00 bits per heavy atom. The first-order chi connectivity index (χ1) is 17.6. The maximum atomic E-state index is 13.2. The van der Waals surface area contributed by atoms with E-state index in [1.54, 1.807) is 4.90 Å². The van der Waals surface area contributed by atoms with Gasteiger partial charge in [0.15, 0.2) is 0 Å². The summed E-state index contributed by atoms with van der Waals surface area (Å²) in [5.41, 5.74) is 3.41. The molecular formula is C30H29F3N2O2. The van der Waals surface area contributed by atoms with Gasteiger partial charge in [-0.3, -0.25) is 4.79 Å². The number of hydrogen-bond acceptors (Lipinski definition) is 2. The summed E-state index contributed by atoms with van der Waals surface area (Å²) >= 11 is 0. The van der Waals surface area contributed by atoms with Crippen LogP contribution in [0.25, 0.3) is 22.2 Å². The number of carbonyl (C=O) groups is 1. The molecule has 0 bridgehead atoms. The molecule has 37 heavy (non-hydrogen) atoms. The molecule has 2 heterocycles. The number of likely N-dealkylation sites (tertiary alicyclic amines) is 1. The van der Waals surface area contributed by atoms with Crippen molar-refractivity contribution in [2.45, 2.75) is 44.4 Å². The minimum absolute atomic E-state index is 0.0212. The molecule has 1 amide bonds. The monoisotopic (exact) mass is 506 g/mol. The summed E-state index contributed by atoms with van der Waals surface area (Å²) < 4.78 is 39.4. The summed E-state index contributed by atoms with van der Waals surface area (Å²) in [5.74, 6) is -0.0212. The molecule has 1 aliphatic heterocycles. The Kier molecular flexibility index (Phi) is 6.58. The Balaban J connectivity index is 1.30. The number of rotatable bonds is 5. The van der Waals surface area contributed by atoms with E-state index in [2.05, 4.69) is 23.2 Å². The fourth-order valence-electron chi connectivity index (χ4n) is 5.26. The minimum atomic E-state index is -4.47. The van der Waals surface area contributed by atoms with Crippen LogP contribution in [0.1, 0.15) is 41.5 Å². The van der Waals surface area contributed by atoms with Gasteiger partial charge in [-0.25, -0.2) is 0 Å². The molecule has 1 aromatic heterocycles. The summed E-state index contributed by atoms with van der Waals surface area (Å²) in [5, 5.41) is 12.2. The van der Waals surface area contributed by atoms with Crippen molar-refractivity contribution in [1.29, 1.82) is 0 Å². The van der Waals surface area contributed by atoms with Crippen molar-refractivity contribution in [3.63, 3.8) is 0 Å². The summed E-state index contributed by atoms with van der Waals surface area (Å²) in [4.78, 5) is 18.4. The fourth-order valence-corrected chi connectivity index (χ4v) is 5.26. The zero-order valence-corrected chi connectivity index (χ0v) is 20.6. The van der Waals surface area contributed by atoms with Crippen LogP contribution in [-0.4, -0.2) is 34.0 Å². The van der Waals surface area contributed by atoms with Gasteiger partial charge in [-0.15, -0.1) is 0 Å². The first-order valence-electron chi connectivity index (χ1n) is 12.5. The molecule has 0 atom stereocenters. The number of carbonyl (C=O) groups excluding carboxylic acids is 1. The molecule has 5 rings (SSSR count). The highest BCUT2D eigenvalue weighted by molar-refractivity contribution is 5.92. The Labute approximate surface area is 213 Å². The number of halogens is 3. The van der Waals surface area contributed by atoms with Crippen molar-refractivity contribution in [1.82, 2.24) is 9.88 Å². The number of fused-ring (bicyclic) bond motifs is 1. The van der Waals surface area contributed by atoms with Crippen LogP contribution in [0.3, 0.4) is 0 Å². The van der Waals surface area contributed by atoms with E-state index in [9.17, 15) is 23.1 Å². The summed E-state index contributed by atoms with van der Waals surface area (Å²) in [6, 6.07) is 21.1. The molecule has 4 aromatic rings. The number of H-pyrrole nitrogens is 1. The Hall–Kier alpha value is -3.58. The normalized spacial score (nSPS) is 15.8. The van der Waals surface area contributed by atoms with E-state index in [4.69, 9.17) is 0 Å². The summed E-state index contributed by atoms with van der Waals surface area (Å²) in [6.07, 6.45) is -3.21. The topological polar surface area (TPSA) is 56.3 Å². The van der Waals surface area contributed by atoms with Gasteiger partial charge in [0.2, 0.25) is 5.91 Å². The molecule has 0 unspecified atom stereocenters. The molecule has 0 saturated carbocycles. The third-order valence-corrected chi connectivity index (χ3v) is 7.38. The summed E-state index contributed by atoms with van der Waals surface area (Å²) in [6.45, 7) is 2.64. The smallest absolute Gasteiger partial charge is 0.385 e. The van der Waals surface area contributed by atoms with Crippen molar-refractivity contribution < 1.29 is 23.1 Å². The van der Waals surface area contributed by atoms with Crippen LogP contribution in [0.2, 0.25) is 0 Å². The average Bonchev–Trinajstić information content (AvgIpc) is 3.25. The highest BCUT2D eigenvalue weighted by Gasteiger charge is 2.38. The van der Waals surface area contributed by atoms with E-state index in [-0.39, 0.29) is 24.3 Å². The van der Waals surface area contributed by atoms with Crippen molar-refractivity contribution in [3.05, 3.63) is 95.1 Å². The number of aliphatic hydroxyl groups is 1. The van der Waals surface area contributed by atoms with Gasteiger partial charge in [0.1, 0.15) is 0 Å². The third kappa shape index (κ3) is 5.14. The number of alkyl halides is 3. The Bertz CT molecular complexity index is 1420. The molecule has 3 aromatic carbocycles. The van der Waals surface area contributed by atoms with Gasteiger partial charge < -0.3 is 15.0 Å². The van der Waals surface area contributed by atoms with Crippen molar-refractivity contribution in [2.24, 2.45) is 0 Å². The fraction of sp³-hybridized carbons (Fsp3) is 0.300. The van der Waals surface area contributed by atoms with Gasteiger partial charge in [-0.2, -0.15) is 13.2 Å². The zero-order chi connectivity index (χ0) is 26.2. The van der Waals surface area contributed by atoms with E-state index in [1.165, 1.54) is 12.1 Å². The van der Waals surface area contributed by atoms with Crippen LogP contribution in [0.5, 0.6) is 0 Å². The number of piperidine rings is 1. The lowest BCUT2D eigenvalue weighted by atomic mass is 9.83. The second-order valence-corrected chi connectivity index (χ2v) is 9.88. The van der Waals surface area contributed by atoms with Crippen LogP contribution >= 0.6 is 0 Å². The molecule has 1 aliphatic rings. The lowest BCUT2D eigenvalue weighted by Crippen LogP contribution is -2.45. The second kappa shape index (κ2) is 9.71. The van der Waals surface area contributed by atoms with E-state index in [1.807, 2.05) is 37.3 Å². The molecule has 0 spiro atoms. The largest absolute Gasteiger partial charge is 0.416 e. The number of nitrogens with one attached hydrogen (secondary N) is 1. The van der Waals surface area contributed by atoms with Gasteiger partial charge >= 0.3 is 6.18 Å². The molecule has 1 saturated heterocycles. The standard InChI is InChI=1S/C30H29F3N2O2/c1-20-10-12-26-25(18-20)24(28(34-26)21-6-3-2-4-7-21)11-13-27(36)35-16-14-29(37,15-17-35)22-8-5-9-23(19-22)30(31,32)33/h2-10,12,18-19,34,37H,11,13-17H2,1H3. The van der Waals surface area contributed by atoms with Crippen LogP contribution in [0.15, 0.2) is 72.8 Å². The number of hydrogen-bond donors (Lipinski definition) is 2. The van der Waals surface area contributed by atoms with Gasteiger partial charge in [0, 0.05) is 36.1 Å². The quantitative estimate of drug-likeness (QED) is 0.320. The van der Waals surface area contributed by atoms with E-state index in [0.29, 0.717) is 25.9 Å². The van der Waals surface area contributed by atoms with Crippen LogP contribution in [0, 0.1) is 6.92 Å². The third-order valence-electron chi connectivity index (χ3n) is 7.38. The maximum Gasteiger partial charge on any atom is 0.416 e. The van der Waals surface area contributed by atoms with E-state index in [0.717, 1.165) is 45.4 Å². The van der Waals surface area contributed by atoms with E-state index < -0.39 is 17.3 Å². The molecule has 7 heteroatoms. The maximum absolute atomic E-state index is 13.2. The Morgan fingerprint density at radius 3 is 2.43 bits per heavy atom. The first kappa shape index (κ1) is 25.1. The lowest BCUT2D eigenvalue weighted by Gasteiger charge is -2.38. The van der Waals surface area contributed by atoms with Gasteiger partial charge in [-0.05, 0) is 67.1 Å². The predicted octanol–water partition coefficient (Wildman–Crippen LogP) is 6.60. The predicted molar refractivity (Wildman–Crippen MR) is 138 cm³/mol. The number of amides is 1.